The first-order valence-electron chi connectivity index (χ1n) is 10.3. The van der Waals surface area contributed by atoms with Crippen LogP contribution in [0.2, 0.25) is 0 Å². The van der Waals surface area contributed by atoms with Crippen molar-refractivity contribution in [2.75, 3.05) is 54.1 Å². The van der Waals surface area contributed by atoms with Gasteiger partial charge in [0.05, 0.1) is 33.5 Å². The number of nitrogens with one attached hydrogen (secondary N) is 2. The summed E-state index contributed by atoms with van der Waals surface area (Å²) in [4.78, 5) is 3.21. The van der Waals surface area contributed by atoms with Gasteiger partial charge in [-0.25, -0.2) is 0 Å². The summed E-state index contributed by atoms with van der Waals surface area (Å²) in [6, 6.07) is 12.6. The highest BCUT2D eigenvalue weighted by Gasteiger charge is 2.25. The standard InChI is InChI=1S/C23H32N2O4/c1-5-29-20-9-6-18(7-10-20)16-24-12-14-25(15-13-24)17-19-8-11-21(26-2)23(28-4)22(19)27-3/h6-11H,5,12-17H2,1-4H3/p+2. The molecule has 6 heteroatoms. The molecule has 0 bridgehead atoms. The van der Waals surface area contributed by atoms with Crippen molar-refractivity contribution in [1.82, 2.24) is 0 Å². The molecule has 2 aromatic carbocycles. The molecule has 0 atom stereocenters. The molecule has 1 heterocycles. The zero-order valence-corrected chi connectivity index (χ0v) is 18.0. The Morgan fingerprint density at radius 1 is 0.724 bits per heavy atom. The molecule has 3 rings (SSSR count). The number of benzene rings is 2. The Hall–Kier alpha value is -2.44. The van der Waals surface area contributed by atoms with Crippen molar-refractivity contribution in [3.05, 3.63) is 47.5 Å². The Labute approximate surface area is 173 Å². The van der Waals surface area contributed by atoms with Gasteiger partial charge >= 0.3 is 0 Å². The second-order valence-corrected chi connectivity index (χ2v) is 7.42. The predicted octanol–water partition coefficient (Wildman–Crippen LogP) is 0.595. The van der Waals surface area contributed by atoms with Gasteiger partial charge in [-0.2, -0.15) is 0 Å². The molecule has 1 aliphatic rings. The van der Waals surface area contributed by atoms with Crippen LogP contribution in [-0.4, -0.2) is 54.1 Å². The Balaban J connectivity index is 1.56. The predicted molar refractivity (Wildman–Crippen MR) is 113 cm³/mol. The van der Waals surface area contributed by atoms with Crippen molar-refractivity contribution in [3.8, 4) is 23.0 Å². The lowest BCUT2D eigenvalue weighted by Gasteiger charge is -2.30. The van der Waals surface area contributed by atoms with Gasteiger partial charge in [0, 0.05) is 5.56 Å². The Morgan fingerprint density at radius 2 is 1.34 bits per heavy atom. The molecule has 1 saturated heterocycles. The minimum atomic E-state index is 0.673. The number of ether oxygens (including phenoxy) is 4. The van der Waals surface area contributed by atoms with Crippen LogP contribution >= 0.6 is 0 Å². The highest BCUT2D eigenvalue weighted by atomic mass is 16.5. The van der Waals surface area contributed by atoms with Gasteiger partial charge in [-0.05, 0) is 43.3 Å². The summed E-state index contributed by atoms with van der Waals surface area (Å²) in [6.45, 7) is 9.33. The maximum atomic E-state index is 5.64. The first-order valence-corrected chi connectivity index (χ1v) is 10.3. The normalized spacial score (nSPS) is 18.9. The molecule has 0 saturated carbocycles. The number of hydrogen-bond acceptors (Lipinski definition) is 4. The van der Waals surface area contributed by atoms with Crippen LogP contribution in [0.25, 0.3) is 0 Å². The van der Waals surface area contributed by atoms with Crippen LogP contribution in [0.3, 0.4) is 0 Å². The molecule has 1 aliphatic heterocycles. The summed E-state index contributed by atoms with van der Waals surface area (Å²) in [5.74, 6) is 3.10. The van der Waals surface area contributed by atoms with E-state index in [1.807, 2.05) is 13.0 Å². The summed E-state index contributed by atoms with van der Waals surface area (Å²) in [5, 5.41) is 0. The molecule has 1 fully saturated rings. The number of hydrogen-bond donors (Lipinski definition) is 2. The van der Waals surface area contributed by atoms with Gasteiger partial charge in [0.25, 0.3) is 0 Å². The second-order valence-electron chi connectivity index (χ2n) is 7.42. The summed E-state index contributed by atoms with van der Waals surface area (Å²) in [6.07, 6.45) is 0. The van der Waals surface area contributed by atoms with Crippen LogP contribution in [0.1, 0.15) is 18.1 Å². The fourth-order valence-electron chi connectivity index (χ4n) is 4.04. The van der Waals surface area contributed by atoms with Crippen LogP contribution in [0.5, 0.6) is 23.0 Å². The summed E-state index contributed by atoms with van der Waals surface area (Å²) in [5.41, 5.74) is 2.53. The molecule has 29 heavy (non-hydrogen) atoms. The van der Waals surface area contributed by atoms with E-state index in [1.165, 1.54) is 5.56 Å². The third-order valence-corrected chi connectivity index (χ3v) is 5.58. The van der Waals surface area contributed by atoms with Gasteiger partial charge in [0.1, 0.15) is 45.0 Å². The quantitative estimate of drug-likeness (QED) is 0.645. The highest BCUT2D eigenvalue weighted by molar-refractivity contribution is 5.55. The summed E-state index contributed by atoms with van der Waals surface area (Å²) < 4.78 is 22.1. The van der Waals surface area contributed by atoms with E-state index >= 15 is 0 Å². The van der Waals surface area contributed by atoms with E-state index in [1.54, 1.807) is 31.1 Å². The maximum absolute atomic E-state index is 5.64. The van der Waals surface area contributed by atoms with Crippen molar-refractivity contribution in [1.29, 1.82) is 0 Å². The molecule has 0 aliphatic carbocycles. The van der Waals surface area contributed by atoms with Gasteiger partial charge in [0.15, 0.2) is 11.5 Å². The Morgan fingerprint density at radius 3 is 1.90 bits per heavy atom. The Kier molecular flexibility index (Phi) is 7.61. The highest BCUT2D eigenvalue weighted by Crippen LogP contribution is 2.39. The first kappa shape index (κ1) is 21.3. The van der Waals surface area contributed by atoms with Crippen molar-refractivity contribution < 1.29 is 28.7 Å². The zero-order chi connectivity index (χ0) is 20.6. The number of methoxy groups -OCH3 is 3. The van der Waals surface area contributed by atoms with E-state index in [2.05, 4.69) is 30.3 Å². The second kappa shape index (κ2) is 10.4. The minimum absolute atomic E-state index is 0.673. The van der Waals surface area contributed by atoms with Crippen LogP contribution in [0.15, 0.2) is 36.4 Å². The van der Waals surface area contributed by atoms with E-state index in [0.717, 1.165) is 56.3 Å². The van der Waals surface area contributed by atoms with Crippen LogP contribution in [-0.2, 0) is 13.1 Å². The van der Waals surface area contributed by atoms with E-state index in [0.29, 0.717) is 18.1 Å². The van der Waals surface area contributed by atoms with Crippen LogP contribution < -0.4 is 28.7 Å². The molecular formula is C23H34N2O4+2. The number of rotatable bonds is 9. The van der Waals surface area contributed by atoms with Crippen molar-refractivity contribution in [2.24, 2.45) is 0 Å². The molecule has 0 unspecified atom stereocenters. The molecule has 6 nitrogen and oxygen atoms in total. The van der Waals surface area contributed by atoms with E-state index in [4.69, 9.17) is 18.9 Å². The minimum Gasteiger partial charge on any atom is -0.494 e. The van der Waals surface area contributed by atoms with Crippen molar-refractivity contribution in [2.45, 2.75) is 20.0 Å². The van der Waals surface area contributed by atoms with Crippen LogP contribution in [0, 0.1) is 0 Å². The van der Waals surface area contributed by atoms with Gasteiger partial charge in [-0.1, -0.05) is 0 Å². The van der Waals surface area contributed by atoms with E-state index in [-0.39, 0.29) is 0 Å². The Bertz CT molecular complexity index is 771. The number of piperazine rings is 1. The molecule has 0 spiro atoms. The van der Waals surface area contributed by atoms with Gasteiger partial charge in [-0.3, -0.25) is 0 Å². The fourth-order valence-corrected chi connectivity index (χ4v) is 4.04. The smallest absolute Gasteiger partial charge is 0.203 e. The fraction of sp³-hybridized carbons (Fsp3) is 0.478. The first-order chi connectivity index (χ1) is 14.2. The molecule has 0 aromatic heterocycles. The van der Waals surface area contributed by atoms with Crippen molar-refractivity contribution in [3.63, 3.8) is 0 Å². The lowest BCUT2D eigenvalue weighted by atomic mass is 10.1. The monoisotopic (exact) mass is 402 g/mol. The topological polar surface area (TPSA) is 45.8 Å². The van der Waals surface area contributed by atoms with E-state index < -0.39 is 0 Å². The largest absolute Gasteiger partial charge is 0.494 e. The van der Waals surface area contributed by atoms with Crippen molar-refractivity contribution >= 4 is 0 Å². The van der Waals surface area contributed by atoms with Gasteiger partial charge in [0.2, 0.25) is 5.75 Å². The average Bonchev–Trinajstić information content (AvgIpc) is 2.76. The molecular weight excluding hydrogens is 368 g/mol. The number of quaternary nitrogens is 2. The third kappa shape index (κ3) is 5.34. The lowest BCUT2D eigenvalue weighted by molar-refractivity contribution is -1.02. The zero-order valence-electron chi connectivity index (χ0n) is 18.0. The molecule has 158 valence electrons. The SMILES string of the molecule is CCOc1ccc(C[NH+]2CC[NH+](Cc3ccc(OC)c(OC)c3OC)CC2)cc1. The molecule has 0 radical (unpaired) electrons. The van der Waals surface area contributed by atoms with Gasteiger partial charge < -0.3 is 28.7 Å². The third-order valence-electron chi connectivity index (χ3n) is 5.58. The summed E-state index contributed by atoms with van der Waals surface area (Å²) in [7, 11) is 4.99. The average molecular weight is 403 g/mol. The van der Waals surface area contributed by atoms with Crippen LogP contribution in [0.4, 0.5) is 0 Å². The van der Waals surface area contributed by atoms with Gasteiger partial charge in [-0.15, -0.1) is 0 Å². The maximum Gasteiger partial charge on any atom is 0.203 e. The molecule has 2 aromatic rings. The van der Waals surface area contributed by atoms with E-state index in [9.17, 15) is 0 Å². The lowest BCUT2D eigenvalue weighted by Crippen LogP contribution is -3.27. The molecule has 0 amide bonds. The summed E-state index contributed by atoms with van der Waals surface area (Å²) >= 11 is 0. The molecule has 2 N–H and O–H groups in total.